The zero-order chi connectivity index (χ0) is 13.9. The van der Waals surface area contributed by atoms with Gasteiger partial charge in [0.05, 0.1) is 0 Å². The number of piperidine rings is 1. The molecule has 0 radical (unpaired) electrons. The molecule has 4 heteroatoms. The molecule has 3 nitrogen and oxygen atoms in total. The van der Waals surface area contributed by atoms with Crippen LogP contribution in [-0.4, -0.2) is 18.0 Å². The normalized spacial score (nSPS) is 28.4. The Morgan fingerprint density at radius 3 is 2.65 bits per heavy atom. The van der Waals surface area contributed by atoms with E-state index in [2.05, 4.69) is 10.6 Å². The topological polar surface area (TPSA) is 41.1 Å². The molecule has 0 aromatic heterocycles. The van der Waals surface area contributed by atoms with Gasteiger partial charge in [-0.3, -0.25) is 4.79 Å². The lowest BCUT2D eigenvalue weighted by atomic mass is 9.89. The van der Waals surface area contributed by atoms with Gasteiger partial charge in [-0.25, -0.2) is 4.39 Å². The smallest absolute Gasteiger partial charge is 0.220 e. The molecule has 20 heavy (non-hydrogen) atoms. The summed E-state index contributed by atoms with van der Waals surface area (Å²) in [5.41, 5.74) is 0.547. The van der Waals surface area contributed by atoms with Crippen molar-refractivity contribution in [3.05, 3.63) is 35.6 Å². The fourth-order valence-electron chi connectivity index (χ4n) is 3.51. The first-order chi connectivity index (χ1) is 9.70. The van der Waals surface area contributed by atoms with E-state index in [1.807, 2.05) is 0 Å². The largest absolute Gasteiger partial charge is 0.352 e. The number of amides is 1. The van der Waals surface area contributed by atoms with Gasteiger partial charge in [0.15, 0.2) is 0 Å². The molecule has 0 spiro atoms. The minimum Gasteiger partial charge on any atom is -0.352 e. The van der Waals surface area contributed by atoms with Crippen LogP contribution in [0.1, 0.15) is 37.7 Å². The maximum absolute atomic E-state index is 13.4. The van der Waals surface area contributed by atoms with Gasteiger partial charge in [0.2, 0.25) is 5.91 Å². The summed E-state index contributed by atoms with van der Waals surface area (Å²) in [6.45, 7) is 0.281. The Hall–Kier alpha value is -1.42. The van der Waals surface area contributed by atoms with Crippen molar-refractivity contribution in [2.24, 2.45) is 5.92 Å². The fraction of sp³-hybridized carbons (Fsp3) is 0.562. The van der Waals surface area contributed by atoms with Gasteiger partial charge in [0.1, 0.15) is 5.82 Å². The Balaban J connectivity index is 1.47. The third-order valence-corrected chi connectivity index (χ3v) is 4.48. The number of fused-ring (bicyclic) bond motifs is 2. The Morgan fingerprint density at radius 2 is 1.95 bits per heavy atom. The lowest BCUT2D eigenvalue weighted by Crippen LogP contribution is -2.39. The van der Waals surface area contributed by atoms with E-state index in [0.717, 1.165) is 12.8 Å². The van der Waals surface area contributed by atoms with Crippen LogP contribution in [0.3, 0.4) is 0 Å². The van der Waals surface area contributed by atoms with E-state index in [0.29, 0.717) is 30.0 Å². The highest BCUT2D eigenvalue weighted by Crippen LogP contribution is 2.32. The van der Waals surface area contributed by atoms with E-state index in [9.17, 15) is 9.18 Å². The van der Waals surface area contributed by atoms with Gasteiger partial charge in [-0.15, -0.1) is 0 Å². The van der Waals surface area contributed by atoms with E-state index in [1.54, 1.807) is 18.2 Å². The molecule has 0 saturated carbocycles. The zero-order valence-electron chi connectivity index (χ0n) is 11.6. The summed E-state index contributed by atoms with van der Waals surface area (Å²) in [5, 5.41) is 6.42. The van der Waals surface area contributed by atoms with Gasteiger partial charge in [-0.05, 0) is 37.7 Å². The molecular formula is C16H21FN2O. The van der Waals surface area contributed by atoms with Gasteiger partial charge in [0.25, 0.3) is 0 Å². The molecule has 1 aromatic carbocycles. The molecule has 2 heterocycles. The lowest BCUT2D eigenvalue weighted by molar-refractivity contribution is -0.122. The summed E-state index contributed by atoms with van der Waals surface area (Å²) < 4.78 is 13.4. The Bertz CT molecular complexity index is 479. The molecular weight excluding hydrogens is 255 g/mol. The number of halogens is 1. The summed E-state index contributed by atoms with van der Waals surface area (Å²) >= 11 is 0. The van der Waals surface area contributed by atoms with Crippen LogP contribution in [0.5, 0.6) is 0 Å². The minimum atomic E-state index is -0.257. The lowest BCUT2D eigenvalue weighted by Gasteiger charge is -2.28. The van der Waals surface area contributed by atoms with Gasteiger partial charge in [0, 0.05) is 30.6 Å². The van der Waals surface area contributed by atoms with Crippen LogP contribution in [0.15, 0.2) is 24.3 Å². The number of carbonyl (C=O) groups is 1. The molecule has 2 bridgehead atoms. The molecule has 0 aliphatic carbocycles. The van der Waals surface area contributed by atoms with E-state index in [-0.39, 0.29) is 18.3 Å². The van der Waals surface area contributed by atoms with Crippen molar-refractivity contribution in [2.45, 2.75) is 50.7 Å². The third kappa shape index (κ3) is 3.18. The second kappa shape index (κ2) is 5.92. The summed E-state index contributed by atoms with van der Waals surface area (Å²) in [6, 6.07) is 7.80. The fourth-order valence-corrected chi connectivity index (χ4v) is 3.51. The molecule has 2 aliphatic rings. The predicted molar refractivity (Wildman–Crippen MR) is 75.5 cm³/mol. The number of nitrogens with one attached hydrogen (secondary N) is 2. The summed E-state index contributed by atoms with van der Waals surface area (Å²) in [7, 11) is 0. The second-order valence-electron chi connectivity index (χ2n) is 6.05. The number of rotatable bonds is 4. The van der Waals surface area contributed by atoms with E-state index in [1.165, 1.54) is 18.9 Å². The van der Waals surface area contributed by atoms with Crippen LogP contribution >= 0.6 is 0 Å². The monoisotopic (exact) mass is 276 g/mol. The number of hydrogen-bond donors (Lipinski definition) is 2. The molecule has 1 aromatic rings. The van der Waals surface area contributed by atoms with Crippen LogP contribution in [0.2, 0.25) is 0 Å². The van der Waals surface area contributed by atoms with Gasteiger partial charge >= 0.3 is 0 Å². The highest BCUT2D eigenvalue weighted by molar-refractivity contribution is 5.76. The van der Waals surface area contributed by atoms with Crippen molar-refractivity contribution in [1.82, 2.24) is 10.6 Å². The van der Waals surface area contributed by atoms with Crippen LogP contribution in [0.4, 0.5) is 4.39 Å². The average molecular weight is 276 g/mol. The minimum absolute atomic E-state index is 0.0413. The molecule has 2 aliphatic heterocycles. The van der Waals surface area contributed by atoms with Crippen molar-refractivity contribution in [1.29, 1.82) is 0 Å². The summed E-state index contributed by atoms with van der Waals surface area (Å²) in [4.78, 5) is 12.0. The van der Waals surface area contributed by atoms with Crippen molar-refractivity contribution in [3.63, 3.8) is 0 Å². The van der Waals surface area contributed by atoms with Crippen LogP contribution in [-0.2, 0) is 11.3 Å². The second-order valence-corrected chi connectivity index (χ2v) is 6.05. The Morgan fingerprint density at radius 1 is 1.25 bits per heavy atom. The molecule has 2 N–H and O–H groups in total. The van der Waals surface area contributed by atoms with Crippen LogP contribution in [0, 0.1) is 11.7 Å². The van der Waals surface area contributed by atoms with Gasteiger partial charge in [-0.2, -0.15) is 0 Å². The molecule has 3 rings (SSSR count). The molecule has 2 unspecified atom stereocenters. The number of carbonyl (C=O) groups excluding carboxylic acids is 1. The van der Waals surface area contributed by atoms with Crippen molar-refractivity contribution < 1.29 is 9.18 Å². The highest BCUT2D eigenvalue weighted by Gasteiger charge is 2.34. The Labute approximate surface area is 118 Å². The third-order valence-electron chi connectivity index (χ3n) is 4.48. The van der Waals surface area contributed by atoms with E-state index < -0.39 is 0 Å². The van der Waals surface area contributed by atoms with Crippen LogP contribution < -0.4 is 10.6 Å². The SMILES string of the molecule is O=C(CC1CC2CCC(C1)N2)NCc1ccccc1F. The molecule has 2 fully saturated rings. The quantitative estimate of drug-likeness (QED) is 0.886. The summed E-state index contributed by atoms with van der Waals surface area (Å²) in [6.07, 6.45) is 5.27. The van der Waals surface area contributed by atoms with Crippen molar-refractivity contribution >= 4 is 5.91 Å². The first kappa shape index (κ1) is 13.6. The molecule has 108 valence electrons. The number of hydrogen-bond acceptors (Lipinski definition) is 2. The highest BCUT2D eigenvalue weighted by atomic mass is 19.1. The number of benzene rings is 1. The van der Waals surface area contributed by atoms with Gasteiger partial charge in [-0.1, -0.05) is 18.2 Å². The van der Waals surface area contributed by atoms with Crippen molar-refractivity contribution in [3.8, 4) is 0 Å². The maximum atomic E-state index is 13.4. The van der Waals surface area contributed by atoms with E-state index in [4.69, 9.17) is 0 Å². The van der Waals surface area contributed by atoms with Crippen LogP contribution in [0.25, 0.3) is 0 Å². The first-order valence-corrected chi connectivity index (χ1v) is 7.47. The average Bonchev–Trinajstić information content (AvgIpc) is 2.77. The zero-order valence-corrected chi connectivity index (χ0v) is 11.6. The van der Waals surface area contributed by atoms with Gasteiger partial charge < -0.3 is 10.6 Å². The maximum Gasteiger partial charge on any atom is 0.220 e. The molecule has 2 atom stereocenters. The first-order valence-electron chi connectivity index (χ1n) is 7.47. The standard InChI is InChI=1S/C16H21FN2O/c17-15-4-2-1-3-12(15)10-18-16(20)9-11-7-13-5-6-14(8-11)19-13/h1-4,11,13-14,19H,5-10H2,(H,18,20). The molecule has 1 amide bonds. The van der Waals surface area contributed by atoms with Crippen molar-refractivity contribution in [2.75, 3.05) is 0 Å². The molecule has 2 saturated heterocycles. The predicted octanol–water partition coefficient (Wildman–Crippen LogP) is 2.36. The summed E-state index contributed by atoms with van der Waals surface area (Å²) in [5.74, 6) is 0.265. The van der Waals surface area contributed by atoms with E-state index >= 15 is 0 Å². The Kier molecular flexibility index (Phi) is 4.01.